The second kappa shape index (κ2) is 5.28. The van der Waals surface area contributed by atoms with Gasteiger partial charge in [0.15, 0.2) is 6.10 Å². The van der Waals surface area contributed by atoms with Gasteiger partial charge in [0, 0.05) is 13.2 Å². The molecule has 2 heterocycles. The Hall–Kier alpha value is -1.12. The minimum atomic E-state index is -0.485. The number of rotatable bonds is 1. The lowest BCUT2D eigenvalue weighted by Gasteiger charge is -2.33. The van der Waals surface area contributed by atoms with Crippen LogP contribution in [0.3, 0.4) is 0 Å². The first kappa shape index (κ1) is 11.4. The molecule has 1 amide bonds. The van der Waals surface area contributed by atoms with Gasteiger partial charge in [0.05, 0.1) is 19.2 Å². The Morgan fingerprint density at radius 3 is 2.88 bits per heavy atom. The van der Waals surface area contributed by atoms with Crippen LogP contribution >= 0.6 is 0 Å². The molecule has 0 spiro atoms. The number of amides is 1. The normalized spacial score (nSPS) is 30.8. The summed E-state index contributed by atoms with van der Waals surface area (Å²) in [4.78, 5) is 13.7. The summed E-state index contributed by atoms with van der Waals surface area (Å²) in [6.45, 7) is 2.05. The Morgan fingerprint density at radius 1 is 1.31 bits per heavy atom. The summed E-state index contributed by atoms with van der Waals surface area (Å²) in [5, 5.41) is 8.76. The average molecular weight is 224 g/mol. The van der Waals surface area contributed by atoms with Gasteiger partial charge in [0.25, 0.3) is 5.91 Å². The molecule has 0 saturated carbocycles. The third-order valence-electron chi connectivity index (χ3n) is 2.98. The quantitative estimate of drug-likeness (QED) is 0.643. The maximum Gasteiger partial charge on any atom is 0.251 e. The smallest absolute Gasteiger partial charge is 0.251 e. The zero-order valence-corrected chi connectivity index (χ0v) is 9.22. The maximum absolute atomic E-state index is 12.1. The van der Waals surface area contributed by atoms with Gasteiger partial charge in [-0.05, 0) is 19.3 Å². The van der Waals surface area contributed by atoms with Gasteiger partial charge in [-0.3, -0.25) is 4.79 Å². The number of ether oxygens (including phenoxy) is 2. The highest BCUT2D eigenvalue weighted by Crippen LogP contribution is 2.16. The van der Waals surface area contributed by atoms with Crippen LogP contribution in [-0.2, 0) is 14.3 Å². The van der Waals surface area contributed by atoms with Crippen LogP contribution in [0.4, 0.5) is 0 Å². The molecule has 0 radical (unpaired) electrons. The van der Waals surface area contributed by atoms with E-state index < -0.39 is 6.10 Å². The standard InChI is InChI=1S/C11H16N2O3/c12-7-9-8-13(4-6-15-9)11(14)10-3-1-2-5-16-10/h9-10H,1-6,8H2. The number of carbonyl (C=O) groups excluding carboxylic acids is 1. The van der Waals surface area contributed by atoms with E-state index in [0.717, 1.165) is 19.3 Å². The van der Waals surface area contributed by atoms with Crippen molar-refractivity contribution in [1.82, 2.24) is 4.90 Å². The summed E-state index contributed by atoms with van der Waals surface area (Å²) in [5.41, 5.74) is 0. The predicted octanol–water partition coefficient (Wildman–Crippen LogP) is 0.306. The lowest BCUT2D eigenvalue weighted by Crippen LogP contribution is -2.50. The van der Waals surface area contributed by atoms with E-state index in [-0.39, 0.29) is 12.0 Å². The number of carbonyl (C=O) groups is 1. The molecule has 0 aromatic rings. The van der Waals surface area contributed by atoms with Crippen molar-refractivity contribution in [2.24, 2.45) is 0 Å². The number of hydrogen-bond donors (Lipinski definition) is 0. The van der Waals surface area contributed by atoms with E-state index in [9.17, 15) is 4.79 Å². The molecule has 2 unspecified atom stereocenters. The number of morpholine rings is 1. The van der Waals surface area contributed by atoms with Gasteiger partial charge in [-0.25, -0.2) is 0 Å². The first-order chi connectivity index (χ1) is 7.81. The van der Waals surface area contributed by atoms with Crippen molar-refractivity contribution in [2.45, 2.75) is 31.5 Å². The second-order valence-corrected chi connectivity index (χ2v) is 4.13. The third kappa shape index (κ3) is 2.52. The Labute approximate surface area is 94.9 Å². The minimum absolute atomic E-state index is 0.0169. The van der Waals surface area contributed by atoms with Crippen LogP contribution in [0.15, 0.2) is 0 Å². The molecule has 0 aromatic heterocycles. The van der Waals surface area contributed by atoms with Gasteiger partial charge in [-0.1, -0.05) is 0 Å². The molecule has 2 aliphatic heterocycles. The molecule has 2 rings (SSSR count). The molecule has 5 heteroatoms. The minimum Gasteiger partial charge on any atom is -0.368 e. The fraction of sp³-hybridized carbons (Fsp3) is 0.818. The molecule has 16 heavy (non-hydrogen) atoms. The summed E-state index contributed by atoms with van der Waals surface area (Å²) >= 11 is 0. The number of nitrogens with zero attached hydrogens (tertiary/aromatic N) is 2. The van der Waals surface area contributed by atoms with Crippen LogP contribution in [0.25, 0.3) is 0 Å². The molecule has 5 nitrogen and oxygen atoms in total. The van der Waals surface area contributed by atoms with Crippen LogP contribution in [0, 0.1) is 11.3 Å². The molecular formula is C11H16N2O3. The molecule has 0 aliphatic carbocycles. The lowest BCUT2D eigenvalue weighted by molar-refractivity contribution is -0.152. The van der Waals surface area contributed by atoms with E-state index in [0.29, 0.717) is 26.3 Å². The Morgan fingerprint density at radius 2 is 2.19 bits per heavy atom. The van der Waals surface area contributed by atoms with Crippen LogP contribution in [0.2, 0.25) is 0 Å². The van der Waals surface area contributed by atoms with Gasteiger partial charge < -0.3 is 14.4 Å². The van der Waals surface area contributed by atoms with Crippen molar-refractivity contribution in [2.75, 3.05) is 26.3 Å². The highest BCUT2D eigenvalue weighted by Gasteiger charge is 2.30. The fourth-order valence-electron chi connectivity index (χ4n) is 2.07. The molecular weight excluding hydrogens is 208 g/mol. The van der Waals surface area contributed by atoms with Crippen molar-refractivity contribution in [3.8, 4) is 6.07 Å². The maximum atomic E-state index is 12.1. The summed E-state index contributed by atoms with van der Waals surface area (Å²) in [7, 11) is 0. The topological polar surface area (TPSA) is 62.6 Å². The van der Waals surface area contributed by atoms with Gasteiger partial charge in [-0.2, -0.15) is 5.26 Å². The summed E-state index contributed by atoms with van der Waals surface area (Å²) in [6, 6.07) is 2.03. The van der Waals surface area contributed by atoms with E-state index in [2.05, 4.69) is 0 Å². The van der Waals surface area contributed by atoms with E-state index in [4.69, 9.17) is 14.7 Å². The SMILES string of the molecule is N#CC1CN(C(=O)C2CCCCO2)CCO1. The Bertz CT molecular complexity index is 294. The molecule has 2 fully saturated rings. The zero-order valence-electron chi connectivity index (χ0n) is 9.22. The number of hydrogen-bond acceptors (Lipinski definition) is 4. The fourth-order valence-corrected chi connectivity index (χ4v) is 2.07. The second-order valence-electron chi connectivity index (χ2n) is 4.13. The van der Waals surface area contributed by atoms with Crippen molar-refractivity contribution in [3.63, 3.8) is 0 Å². The summed E-state index contributed by atoms with van der Waals surface area (Å²) < 4.78 is 10.6. The molecule has 88 valence electrons. The van der Waals surface area contributed by atoms with E-state index >= 15 is 0 Å². The van der Waals surface area contributed by atoms with Crippen LogP contribution in [-0.4, -0.2) is 49.3 Å². The average Bonchev–Trinajstić information content (AvgIpc) is 2.39. The van der Waals surface area contributed by atoms with Crippen LogP contribution < -0.4 is 0 Å². The van der Waals surface area contributed by atoms with E-state index in [1.807, 2.05) is 6.07 Å². The zero-order chi connectivity index (χ0) is 11.4. The van der Waals surface area contributed by atoms with Gasteiger partial charge >= 0.3 is 0 Å². The summed E-state index contributed by atoms with van der Waals surface area (Å²) in [5.74, 6) is 0.0169. The van der Waals surface area contributed by atoms with Crippen molar-refractivity contribution in [3.05, 3.63) is 0 Å². The van der Waals surface area contributed by atoms with Crippen molar-refractivity contribution >= 4 is 5.91 Å². The molecule has 2 aliphatic rings. The van der Waals surface area contributed by atoms with Gasteiger partial charge in [-0.15, -0.1) is 0 Å². The number of nitriles is 1. The first-order valence-corrected chi connectivity index (χ1v) is 5.73. The van der Waals surface area contributed by atoms with E-state index in [1.165, 1.54) is 0 Å². The molecule has 2 saturated heterocycles. The largest absolute Gasteiger partial charge is 0.368 e. The molecule has 0 aromatic carbocycles. The highest BCUT2D eigenvalue weighted by molar-refractivity contribution is 5.81. The highest BCUT2D eigenvalue weighted by atomic mass is 16.5. The predicted molar refractivity (Wildman–Crippen MR) is 55.5 cm³/mol. The van der Waals surface area contributed by atoms with Crippen molar-refractivity contribution in [1.29, 1.82) is 5.26 Å². The molecule has 0 bridgehead atoms. The molecule has 0 N–H and O–H groups in total. The first-order valence-electron chi connectivity index (χ1n) is 5.73. The van der Waals surface area contributed by atoms with Crippen molar-refractivity contribution < 1.29 is 14.3 Å². The Kier molecular flexibility index (Phi) is 3.75. The Balaban J connectivity index is 1.90. The lowest BCUT2D eigenvalue weighted by atomic mass is 10.1. The summed E-state index contributed by atoms with van der Waals surface area (Å²) in [6.07, 6.45) is 2.09. The third-order valence-corrected chi connectivity index (χ3v) is 2.98. The van der Waals surface area contributed by atoms with Gasteiger partial charge in [0.2, 0.25) is 0 Å². The van der Waals surface area contributed by atoms with Gasteiger partial charge in [0.1, 0.15) is 6.10 Å². The molecule has 2 atom stereocenters. The van der Waals surface area contributed by atoms with E-state index in [1.54, 1.807) is 4.90 Å². The van der Waals surface area contributed by atoms with Crippen LogP contribution in [0.5, 0.6) is 0 Å². The van der Waals surface area contributed by atoms with Crippen LogP contribution in [0.1, 0.15) is 19.3 Å². The monoisotopic (exact) mass is 224 g/mol.